The van der Waals surface area contributed by atoms with E-state index in [-0.39, 0.29) is 36.4 Å². The fourth-order valence-electron chi connectivity index (χ4n) is 3.17. The Morgan fingerprint density at radius 2 is 2.00 bits per heavy atom. The third kappa shape index (κ3) is 8.78. The van der Waals surface area contributed by atoms with Gasteiger partial charge in [0.2, 0.25) is 5.91 Å². The highest BCUT2D eigenvalue weighted by Crippen LogP contribution is 2.27. The van der Waals surface area contributed by atoms with E-state index >= 15 is 0 Å². The molecule has 2 rings (SSSR count). The minimum atomic E-state index is -0.980. The van der Waals surface area contributed by atoms with Crippen LogP contribution in [-0.4, -0.2) is 43.2 Å². The molecule has 1 aromatic rings. The minimum Gasteiger partial charge on any atom is -0.383 e. The molecule has 0 aromatic carbocycles. The van der Waals surface area contributed by atoms with Crippen LogP contribution in [0.4, 0.5) is 0 Å². The summed E-state index contributed by atoms with van der Waals surface area (Å²) in [6.45, 7) is 5.95. The molecule has 1 unspecified atom stereocenters. The molecule has 154 valence electrons. The average molecular weight is 508 g/mol. The van der Waals surface area contributed by atoms with E-state index in [9.17, 15) is 9.90 Å². The molecule has 1 saturated carbocycles. The van der Waals surface area contributed by atoms with Crippen molar-refractivity contribution in [3.63, 3.8) is 0 Å². The zero-order valence-corrected chi connectivity index (χ0v) is 19.4. The fourth-order valence-corrected chi connectivity index (χ4v) is 3.95. The number of aliphatic hydroxyl groups is 1. The lowest BCUT2D eigenvalue weighted by molar-refractivity contribution is -0.121. The van der Waals surface area contributed by atoms with Crippen LogP contribution >= 0.6 is 35.3 Å². The van der Waals surface area contributed by atoms with Crippen molar-refractivity contribution in [2.45, 2.75) is 51.6 Å². The molecule has 1 aliphatic carbocycles. The van der Waals surface area contributed by atoms with Crippen LogP contribution in [0.3, 0.4) is 0 Å². The number of amides is 1. The summed E-state index contributed by atoms with van der Waals surface area (Å²) in [7, 11) is 0. The molecule has 0 bridgehead atoms. The van der Waals surface area contributed by atoms with Crippen molar-refractivity contribution in [2.24, 2.45) is 10.9 Å². The van der Waals surface area contributed by atoms with Gasteiger partial charge in [0.05, 0.1) is 6.54 Å². The molecule has 1 aliphatic rings. The first kappa shape index (κ1) is 24.2. The third-order valence-electron chi connectivity index (χ3n) is 4.63. The standard InChI is InChI=1S/C19H32N4O2S.HI/c1-3-20-18(23-14-19(2,25)16-9-6-12-26-16)22-11-10-21-17(24)13-15-7-4-5-8-15;/h6,9,12,15,25H,3-5,7-8,10-11,13-14H2,1-2H3,(H,21,24)(H2,20,22,23);1H. The molecule has 1 aromatic heterocycles. The molecular weight excluding hydrogens is 475 g/mol. The smallest absolute Gasteiger partial charge is 0.220 e. The van der Waals surface area contributed by atoms with Crippen molar-refractivity contribution < 1.29 is 9.90 Å². The van der Waals surface area contributed by atoms with Gasteiger partial charge in [0.25, 0.3) is 0 Å². The van der Waals surface area contributed by atoms with Gasteiger partial charge in [-0.25, -0.2) is 4.99 Å². The Labute approximate surface area is 183 Å². The van der Waals surface area contributed by atoms with Gasteiger partial charge in [-0.2, -0.15) is 0 Å². The van der Waals surface area contributed by atoms with Gasteiger partial charge in [-0.15, -0.1) is 35.3 Å². The maximum Gasteiger partial charge on any atom is 0.220 e. The first-order chi connectivity index (χ1) is 12.5. The number of hydrogen-bond donors (Lipinski definition) is 4. The quantitative estimate of drug-likeness (QED) is 0.179. The normalized spacial score (nSPS) is 17.1. The SMILES string of the molecule is CCNC(=NCC(C)(O)c1cccs1)NCCNC(=O)CC1CCCC1.I. The van der Waals surface area contributed by atoms with Gasteiger partial charge in [-0.05, 0) is 44.1 Å². The number of aliphatic imine (C=N–C) groups is 1. The van der Waals surface area contributed by atoms with E-state index in [1.54, 1.807) is 6.92 Å². The summed E-state index contributed by atoms with van der Waals surface area (Å²) in [6.07, 6.45) is 5.55. The number of rotatable bonds is 9. The summed E-state index contributed by atoms with van der Waals surface area (Å²) < 4.78 is 0. The van der Waals surface area contributed by atoms with Gasteiger partial charge in [-0.1, -0.05) is 18.9 Å². The van der Waals surface area contributed by atoms with E-state index in [0.29, 0.717) is 31.4 Å². The van der Waals surface area contributed by atoms with E-state index in [1.165, 1.54) is 37.0 Å². The molecule has 1 heterocycles. The van der Waals surface area contributed by atoms with Gasteiger partial charge < -0.3 is 21.1 Å². The van der Waals surface area contributed by atoms with Crippen LogP contribution in [-0.2, 0) is 10.4 Å². The lowest BCUT2D eigenvalue weighted by atomic mass is 10.0. The van der Waals surface area contributed by atoms with Crippen molar-refractivity contribution in [2.75, 3.05) is 26.2 Å². The van der Waals surface area contributed by atoms with E-state index < -0.39 is 5.60 Å². The van der Waals surface area contributed by atoms with Crippen molar-refractivity contribution in [3.8, 4) is 0 Å². The summed E-state index contributed by atoms with van der Waals surface area (Å²) in [5.41, 5.74) is -0.980. The summed E-state index contributed by atoms with van der Waals surface area (Å²) in [5.74, 6) is 1.36. The molecule has 0 radical (unpaired) electrons. The largest absolute Gasteiger partial charge is 0.383 e. The number of guanidine groups is 1. The average Bonchev–Trinajstić information content (AvgIpc) is 3.30. The van der Waals surface area contributed by atoms with Crippen LogP contribution in [0, 0.1) is 5.92 Å². The molecule has 27 heavy (non-hydrogen) atoms. The van der Waals surface area contributed by atoms with Crippen LogP contribution in [0.25, 0.3) is 0 Å². The number of halogens is 1. The monoisotopic (exact) mass is 508 g/mol. The molecule has 0 aliphatic heterocycles. The molecule has 8 heteroatoms. The third-order valence-corrected chi connectivity index (χ3v) is 5.75. The Hall–Kier alpha value is -0.870. The maximum atomic E-state index is 11.9. The second-order valence-electron chi connectivity index (χ2n) is 7.08. The first-order valence-corrected chi connectivity index (χ1v) is 10.4. The van der Waals surface area contributed by atoms with E-state index in [2.05, 4.69) is 20.9 Å². The maximum absolute atomic E-state index is 11.9. The second kappa shape index (κ2) is 12.6. The zero-order valence-electron chi connectivity index (χ0n) is 16.3. The van der Waals surface area contributed by atoms with E-state index in [1.807, 2.05) is 24.4 Å². The number of nitrogens with one attached hydrogen (secondary N) is 3. The number of carbonyl (C=O) groups is 1. The van der Waals surface area contributed by atoms with E-state index in [0.717, 1.165) is 11.4 Å². The molecule has 0 saturated heterocycles. The fraction of sp³-hybridized carbons (Fsp3) is 0.684. The lowest BCUT2D eigenvalue weighted by Crippen LogP contribution is -2.42. The van der Waals surface area contributed by atoms with Gasteiger partial charge in [0.15, 0.2) is 5.96 Å². The lowest BCUT2D eigenvalue weighted by Gasteiger charge is -2.20. The molecule has 0 spiro atoms. The first-order valence-electron chi connectivity index (χ1n) is 9.56. The van der Waals surface area contributed by atoms with Gasteiger partial charge in [0.1, 0.15) is 5.60 Å². The van der Waals surface area contributed by atoms with Gasteiger partial charge >= 0.3 is 0 Å². The number of hydrogen-bond acceptors (Lipinski definition) is 4. The predicted octanol–water partition coefficient (Wildman–Crippen LogP) is 2.83. The highest BCUT2D eigenvalue weighted by molar-refractivity contribution is 14.0. The summed E-state index contributed by atoms with van der Waals surface area (Å²) in [4.78, 5) is 17.3. The molecular formula is C19H33IN4O2S. The molecule has 1 atom stereocenters. The summed E-state index contributed by atoms with van der Waals surface area (Å²) in [6, 6.07) is 3.84. The van der Waals surface area contributed by atoms with E-state index in [4.69, 9.17) is 0 Å². The van der Waals surface area contributed by atoms with Crippen LogP contribution in [0.2, 0.25) is 0 Å². The highest BCUT2D eigenvalue weighted by atomic mass is 127. The van der Waals surface area contributed by atoms with Crippen molar-refractivity contribution in [1.29, 1.82) is 0 Å². The molecule has 1 amide bonds. The topological polar surface area (TPSA) is 85.8 Å². The van der Waals surface area contributed by atoms with Crippen LogP contribution in [0.15, 0.2) is 22.5 Å². The molecule has 4 N–H and O–H groups in total. The number of nitrogens with zero attached hydrogens (tertiary/aromatic N) is 1. The number of carbonyl (C=O) groups excluding carboxylic acids is 1. The Morgan fingerprint density at radius 3 is 2.63 bits per heavy atom. The molecule has 1 fully saturated rings. The van der Waals surface area contributed by atoms with Crippen LogP contribution in [0.1, 0.15) is 50.8 Å². The summed E-state index contributed by atoms with van der Waals surface area (Å²) >= 11 is 1.52. The molecule has 6 nitrogen and oxygen atoms in total. The predicted molar refractivity (Wildman–Crippen MR) is 123 cm³/mol. The van der Waals surface area contributed by atoms with Gasteiger partial charge in [0, 0.05) is 30.9 Å². The Bertz CT molecular complexity index is 572. The van der Waals surface area contributed by atoms with Crippen molar-refractivity contribution in [1.82, 2.24) is 16.0 Å². The Kier molecular flexibility index (Phi) is 11.2. The second-order valence-corrected chi connectivity index (χ2v) is 8.03. The van der Waals surface area contributed by atoms with Crippen LogP contribution in [0.5, 0.6) is 0 Å². The Morgan fingerprint density at radius 1 is 1.30 bits per heavy atom. The highest BCUT2D eigenvalue weighted by Gasteiger charge is 2.24. The van der Waals surface area contributed by atoms with Crippen LogP contribution < -0.4 is 16.0 Å². The zero-order chi connectivity index (χ0) is 18.8. The minimum absolute atomic E-state index is 0. The van der Waals surface area contributed by atoms with Gasteiger partial charge in [-0.3, -0.25) is 4.79 Å². The Balaban J connectivity index is 0.00000364. The van der Waals surface area contributed by atoms with Crippen molar-refractivity contribution >= 4 is 47.2 Å². The summed E-state index contributed by atoms with van der Waals surface area (Å²) in [5, 5.41) is 21.9. The van der Waals surface area contributed by atoms with Crippen molar-refractivity contribution in [3.05, 3.63) is 22.4 Å². The number of thiophene rings is 1.